The van der Waals surface area contributed by atoms with Crippen molar-refractivity contribution in [1.82, 2.24) is 14.5 Å². The van der Waals surface area contributed by atoms with Crippen molar-refractivity contribution in [1.29, 1.82) is 0 Å². The van der Waals surface area contributed by atoms with Gasteiger partial charge in [-0.25, -0.2) is 4.98 Å². The molecule has 0 saturated carbocycles. The Bertz CT molecular complexity index is 670. The van der Waals surface area contributed by atoms with Crippen LogP contribution in [0.1, 0.15) is 34.2 Å². The van der Waals surface area contributed by atoms with Crippen LogP contribution in [0.3, 0.4) is 0 Å². The van der Waals surface area contributed by atoms with E-state index >= 15 is 0 Å². The van der Waals surface area contributed by atoms with Gasteiger partial charge in [0, 0.05) is 19.6 Å². The molecule has 1 amide bonds. The molecule has 1 fully saturated rings. The molecule has 1 aliphatic rings. The van der Waals surface area contributed by atoms with Crippen LogP contribution in [-0.2, 0) is 17.7 Å². The number of benzene rings is 1. The molecule has 23 heavy (non-hydrogen) atoms. The number of amides is 1. The topological polar surface area (TPSA) is 47.4 Å². The smallest absolute Gasteiger partial charge is 0.272 e. The summed E-state index contributed by atoms with van der Waals surface area (Å²) in [5.74, 6) is 0.0646. The van der Waals surface area contributed by atoms with Gasteiger partial charge in [0.05, 0.1) is 25.2 Å². The molecule has 0 N–H and O–H groups in total. The third-order valence-corrected chi connectivity index (χ3v) is 4.22. The van der Waals surface area contributed by atoms with Crippen LogP contribution in [0.2, 0.25) is 0 Å². The second-order valence-electron chi connectivity index (χ2n) is 5.91. The molecule has 122 valence electrons. The lowest BCUT2D eigenvalue weighted by Gasteiger charge is -2.27. The van der Waals surface area contributed by atoms with Gasteiger partial charge in [-0.1, -0.05) is 36.8 Å². The van der Waals surface area contributed by atoms with Crippen LogP contribution in [-0.4, -0.2) is 46.7 Å². The fourth-order valence-electron chi connectivity index (χ4n) is 2.86. The molecule has 2 heterocycles. The Morgan fingerprint density at radius 2 is 1.91 bits per heavy atom. The van der Waals surface area contributed by atoms with Crippen molar-refractivity contribution in [3.63, 3.8) is 0 Å². The van der Waals surface area contributed by atoms with Crippen LogP contribution in [0.15, 0.2) is 30.6 Å². The summed E-state index contributed by atoms with van der Waals surface area (Å²) < 4.78 is 7.32. The van der Waals surface area contributed by atoms with Gasteiger partial charge in [0.25, 0.3) is 5.91 Å². The summed E-state index contributed by atoms with van der Waals surface area (Å²) in [7, 11) is 0. The van der Waals surface area contributed by atoms with Gasteiger partial charge in [-0.05, 0) is 18.9 Å². The number of aromatic nitrogens is 2. The molecule has 1 saturated heterocycles. The number of hydrogen-bond acceptors (Lipinski definition) is 3. The number of imidazole rings is 1. The first-order valence-electron chi connectivity index (χ1n) is 8.15. The quantitative estimate of drug-likeness (QED) is 0.870. The average Bonchev–Trinajstić information content (AvgIpc) is 2.99. The van der Waals surface area contributed by atoms with Crippen LogP contribution in [0, 0.1) is 6.92 Å². The number of morpholine rings is 1. The van der Waals surface area contributed by atoms with E-state index in [1.165, 1.54) is 11.1 Å². The zero-order valence-electron chi connectivity index (χ0n) is 13.8. The Morgan fingerprint density at radius 3 is 2.57 bits per heavy atom. The minimum Gasteiger partial charge on any atom is -0.378 e. The highest BCUT2D eigenvalue weighted by Gasteiger charge is 2.24. The molecule has 1 aliphatic heterocycles. The summed E-state index contributed by atoms with van der Waals surface area (Å²) in [5, 5.41) is 0. The highest BCUT2D eigenvalue weighted by atomic mass is 16.5. The van der Waals surface area contributed by atoms with E-state index < -0.39 is 0 Å². The SMILES string of the molecule is CCc1ncn(Cc2ccc(C)cc2)c1C(=O)N1CCOCC1. The molecular formula is C18H23N3O2. The predicted molar refractivity (Wildman–Crippen MR) is 88.6 cm³/mol. The second-order valence-corrected chi connectivity index (χ2v) is 5.91. The number of carbonyl (C=O) groups excluding carboxylic acids is 1. The van der Waals surface area contributed by atoms with Crippen LogP contribution < -0.4 is 0 Å². The maximum atomic E-state index is 12.9. The first-order chi connectivity index (χ1) is 11.2. The summed E-state index contributed by atoms with van der Waals surface area (Å²) in [6, 6.07) is 8.39. The lowest BCUT2D eigenvalue weighted by atomic mass is 10.1. The van der Waals surface area contributed by atoms with Gasteiger partial charge in [-0.2, -0.15) is 0 Å². The zero-order chi connectivity index (χ0) is 16.2. The van der Waals surface area contributed by atoms with E-state index in [2.05, 4.69) is 36.2 Å². The van der Waals surface area contributed by atoms with E-state index in [4.69, 9.17) is 4.74 Å². The van der Waals surface area contributed by atoms with Crippen molar-refractivity contribution in [2.75, 3.05) is 26.3 Å². The lowest BCUT2D eigenvalue weighted by molar-refractivity contribution is 0.0295. The van der Waals surface area contributed by atoms with Gasteiger partial charge in [0.1, 0.15) is 5.69 Å². The summed E-state index contributed by atoms with van der Waals surface area (Å²) in [6.07, 6.45) is 2.54. The molecule has 2 aromatic rings. The zero-order valence-corrected chi connectivity index (χ0v) is 13.8. The van der Waals surface area contributed by atoms with E-state index in [0.29, 0.717) is 32.8 Å². The Hall–Kier alpha value is -2.14. The minimum atomic E-state index is 0.0646. The summed E-state index contributed by atoms with van der Waals surface area (Å²) in [6.45, 7) is 7.30. The Kier molecular flexibility index (Phi) is 4.76. The number of nitrogens with zero attached hydrogens (tertiary/aromatic N) is 3. The predicted octanol–water partition coefficient (Wildman–Crippen LogP) is 2.27. The lowest BCUT2D eigenvalue weighted by Crippen LogP contribution is -2.41. The number of hydrogen-bond donors (Lipinski definition) is 0. The van der Waals surface area contributed by atoms with Crippen LogP contribution >= 0.6 is 0 Å². The molecular weight excluding hydrogens is 290 g/mol. The maximum Gasteiger partial charge on any atom is 0.272 e. The molecule has 3 rings (SSSR count). The highest BCUT2D eigenvalue weighted by Crippen LogP contribution is 2.16. The summed E-state index contributed by atoms with van der Waals surface area (Å²) in [4.78, 5) is 19.2. The first kappa shape index (κ1) is 15.7. The fourth-order valence-corrected chi connectivity index (χ4v) is 2.86. The van der Waals surface area contributed by atoms with Gasteiger partial charge < -0.3 is 14.2 Å². The van der Waals surface area contributed by atoms with E-state index in [0.717, 1.165) is 17.8 Å². The highest BCUT2D eigenvalue weighted by molar-refractivity contribution is 5.94. The van der Waals surface area contributed by atoms with Crippen molar-refractivity contribution in [3.05, 3.63) is 53.1 Å². The molecule has 1 aromatic heterocycles. The second kappa shape index (κ2) is 6.96. The molecule has 5 heteroatoms. The third kappa shape index (κ3) is 3.45. The fraction of sp³-hybridized carbons (Fsp3) is 0.444. The van der Waals surface area contributed by atoms with Gasteiger partial charge in [0.2, 0.25) is 0 Å². The number of aryl methyl sites for hydroxylation is 2. The molecule has 0 spiro atoms. The van der Waals surface area contributed by atoms with E-state index in [-0.39, 0.29) is 5.91 Å². The molecule has 0 unspecified atom stereocenters. The van der Waals surface area contributed by atoms with Crippen LogP contribution in [0.5, 0.6) is 0 Å². The molecule has 0 aliphatic carbocycles. The average molecular weight is 313 g/mol. The van der Waals surface area contributed by atoms with E-state index in [1.54, 1.807) is 6.33 Å². The molecule has 0 atom stereocenters. The standard InChI is InChI=1S/C18H23N3O2/c1-3-16-17(18(22)20-8-10-23-11-9-20)21(13-19-16)12-15-6-4-14(2)5-7-15/h4-7,13H,3,8-12H2,1-2H3. The van der Waals surface area contributed by atoms with E-state index in [9.17, 15) is 4.79 Å². The number of rotatable bonds is 4. The third-order valence-electron chi connectivity index (χ3n) is 4.22. The van der Waals surface area contributed by atoms with Crippen molar-refractivity contribution in [2.24, 2.45) is 0 Å². The Morgan fingerprint density at radius 1 is 1.22 bits per heavy atom. The van der Waals surface area contributed by atoms with Crippen LogP contribution in [0.25, 0.3) is 0 Å². The Balaban J connectivity index is 1.87. The number of ether oxygens (including phenoxy) is 1. The monoisotopic (exact) mass is 313 g/mol. The van der Waals surface area contributed by atoms with Crippen molar-refractivity contribution in [3.8, 4) is 0 Å². The van der Waals surface area contributed by atoms with Crippen LogP contribution in [0.4, 0.5) is 0 Å². The molecule has 5 nitrogen and oxygen atoms in total. The molecule has 0 bridgehead atoms. The molecule has 1 aromatic carbocycles. The van der Waals surface area contributed by atoms with E-state index in [1.807, 2.05) is 16.4 Å². The number of carbonyl (C=O) groups is 1. The van der Waals surface area contributed by atoms with Gasteiger partial charge in [-0.3, -0.25) is 4.79 Å². The maximum absolute atomic E-state index is 12.9. The van der Waals surface area contributed by atoms with Gasteiger partial charge >= 0.3 is 0 Å². The summed E-state index contributed by atoms with van der Waals surface area (Å²) >= 11 is 0. The Labute approximate surface area is 136 Å². The minimum absolute atomic E-state index is 0.0646. The first-order valence-corrected chi connectivity index (χ1v) is 8.15. The van der Waals surface area contributed by atoms with Gasteiger partial charge in [-0.15, -0.1) is 0 Å². The van der Waals surface area contributed by atoms with Crippen molar-refractivity contribution < 1.29 is 9.53 Å². The van der Waals surface area contributed by atoms with Gasteiger partial charge in [0.15, 0.2) is 0 Å². The van der Waals surface area contributed by atoms with Crippen molar-refractivity contribution in [2.45, 2.75) is 26.8 Å². The largest absolute Gasteiger partial charge is 0.378 e. The normalized spacial score (nSPS) is 15.0. The summed E-state index contributed by atoms with van der Waals surface area (Å²) in [5.41, 5.74) is 3.99. The van der Waals surface area contributed by atoms with Crippen molar-refractivity contribution >= 4 is 5.91 Å². The molecule has 0 radical (unpaired) electrons.